The molecule has 0 bridgehead atoms. The molecule has 0 saturated carbocycles. The monoisotopic (exact) mass is 456 g/mol. The van der Waals surface area contributed by atoms with Gasteiger partial charge in [-0.2, -0.15) is 0 Å². The number of rotatable bonds is 9. The van der Waals surface area contributed by atoms with Gasteiger partial charge in [-0.1, -0.05) is 0 Å². The fraction of sp³-hybridized carbons (Fsp3) is 0.800. The van der Waals surface area contributed by atoms with Crippen LogP contribution in [0.5, 0.6) is 0 Å². The average molecular weight is 458 g/mol. The molecular formula is C15H39Cl3N6O3. The molecule has 9 nitrogen and oxygen atoms in total. The largest absolute Gasteiger partial charge is 1.00 e. The maximum absolute atomic E-state index is 10.2. The van der Waals surface area contributed by atoms with Crippen molar-refractivity contribution in [3.05, 3.63) is 0 Å². The number of carbonyl (C=O) groups excluding carboxylic acids is 3. The molecule has 0 heterocycles. The first kappa shape index (κ1) is 40.7. The Hall–Kier alpha value is -0.840. The van der Waals surface area contributed by atoms with Crippen molar-refractivity contribution >= 4 is 17.7 Å². The van der Waals surface area contributed by atoms with Crippen LogP contribution in [0.1, 0.15) is 40.0 Å². The summed E-state index contributed by atoms with van der Waals surface area (Å²) in [4.78, 5) is 30.6. The molecule has 0 rings (SSSR count). The summed E-state index contributed by atoms with van der Waals surface area (Å²) in [6, 6.07) is 0. The third-order valence-corrected chi connectivity index (χ3v) is 2.40. The molecule has 0 aliphatic carbocycles. The van der Waals surface area contributed by atoms with E-state index in [9.17, 15) is 14.4 Å². The van der Waals surface area contributed by atoms with E-state index in [-0.39, 0.29) is 54.9 Å². The highest BCUT2D eigenvalue weighted by atomic mass is 35.5. The predicted octanol–water partition coefficient (Wildman–Crippen LogP) is -12.7. The third kappa shape index (κ3) is 67.3. The van der Waals surface area contributed by atoms with Crippen LogP contribution in [0.2, 0.25) is 0 Å². The van der Waals surface area contributed by atoms with E-state index in [1.165, 1.54) is 20.8 Å². The van der Waals surface area contributed by atoms with Crippen LogP contribution in [0.3, 0.4) is 0 Å². The number of hydrogen-bond donors (Lipinski definition) is 6. The summed E-state index contributed by atoms with van der Waals surface area (Å²) in [7, 11) is 0. The van der Waals surface area contributed by atoms with Crippen molar-refractivity contribution in [3.8, 4) is 0 Å². The molecule has 12 heteroatoms. The molecule has 3 amide bonds. The summed E-state index contributed by atoms with van der Waals surface area (Å²) in [6.45, 7) is 9.51. The summed E-state index contributed by atoms with van der Waals surface area (Å²) >= 11 is 0. The van der Waals surface area contributed by atoms with Crippen molar-refractivity contribution in [2.24, 2.45) is 0 Å². The van der Waals surface area contributed by atoms with Gasteiger partial charge in [-0.3, -0.25) is 14.4 Å². The van der Waals surface area contributed by atoms with Crippen molar-refractivity contribution in [2.75, 3.05) is 39.3 Å². The zero-order valence-electron chi connectivity index (χ0n) is 16.8. The Kier molecular flexibility index (Phi) is 54.5. The van der Waals surface area contributed by atoms with Gasteiger partial charge in [0, 0.05) is 59.7 Å². The molecule has 0 spiro atoms. The van der Waals surface area contributed by atoms with Crippen molar-refractivity contribution in [1.82, 2.24) is 16.0 Å². The normalized spacial score (nSPS) is 7.78. The lowest BCUT2D eigenvalue weighted by atomic mass is 10.4. The van der Waals surface area contributed by atoms with Crippen LogP contribution in [0.25, 0.3) is 0 Å². The molecular weight excluding hydrogens is 419 g/mol. The van der Waals surface area contributed by atoms with E-state index in [4.69, 9.17) is 0 Å². The molecule has 0 aliphatic rings. The summed E-state index contributed by atoms with van der Waals surface area (Å²) in [5, 5.41) is 8.00. The van der Waals surface area contributed by atoms with E-state index in [0.717, 1.165) is 58.5 Å². The molecule has 0 aliphatic heterocycles. The van der Waals surface area contributed by atoms with Crippen molar-refractivity contribution < 1.29 is 68.8 Å². The third-order valence-electron chi connectivity index (χ3n) is 2.40. The van der Waals surface area contributed by atoms with Crippen LogP contribution in [-0.4, -0.2) is 57.0 Å². The van der Waals surface area contributed by atoms with Crippen molar-refractivity contribution in [2.45, 2.75) is 40.0 Å². The number of nitrogens with one attached hydrogen (secondary N) is 3. The Morgan fingerprint density at radius 2 is 0.741 bits per heavy atom. The molecule has 0 aromatic heterocycles. The van der Waals surface area contributed by atoms with Gasteiger partial charge >= 0.3 is 0 Å². The van der Waals surface area contributed by atoms with Gasteiger partial charge in [-0.25, -0.2) is 0 Å². The second kappa shape index (κ2) is 36.1. The van der Waals surface area contributed by atoms with Crippen LogP contribution in [0.15, 0.2) is 0 Å². The minimum atomic E-state index is 0. The van der Waals surface area contributed by atoms with Gasteiger partial charge < -0.3 is 70.4 Å². The second-order valence-corrected chi connectivity index (χ2v) is 5.07. The Balaban J connectivity index is -0.0000000580. The van der Waals surface area contributed by atoms with E-state index in [0.29, 0.717) is 0 Å². The van der Waals surface area contributed by atoms with Gasteiger partial charge in [0.25, 0.3) is 0 Å². The van der Waals surface area contributed by atoms with E-state index in [1.807, 2.05) is 0 Å². The Morgan fingerprint density at radius 1 is 0.556 bits per heavy atom. The van der Waals surface area contributed by atoms with Crippen LogP contribution in [0, 0.1) is 0 Å². The van der Waals surface area contributed by atoms with Crippen molar-refractivity contribution in [1.29, 1.82) is 0 Å². The number of quaternary nitrogens is 3. The standard InChI is InChI=1S/3C5H12N2O.3ClH/c3*1-5(8)7-4-2-3-6;;;/h3*2-4,6H2,1H3,(H,7,8);3*1H. The zero-order chi connectivity index (χ0) is 19.2. The maximum atomic E-state index is 10.2. The van der Waals surface area contributed by atoms with Gasteiger partial charge in [0.2, 0.25) is 17.7 Å². The van der Waals surface area contributed by atoms with E-state index in [1.54, 1.807) is 0 Å². The Bertz CT molecular complexity index is 280. The molecule has 0 atom stereocenters. The fourth-order valence-electron chi connectivity index (χ4n) is 1.17. The molecule has 12 N–H and O–H groups in total. The molecule has 168 valence electrons. The lowest BCUT2D eigenvalue weighted by Crippen LogP contribution is -3.00. The number of hydrogen-bond acceptors (Lipinski definition) is 3. The molecule has 27 heavy (non-hydrogen) atoms. The minimum Gasteiger partial charge on any atom is -1.00 e. The quantitative estimate of drug-likeness (QED) is 0.189. The number of amides is 3. The topological polar surface area (TPSA) is 170 Å². The average Bonchev–Trinajstić information content (AvgIpc) is 2.48. The Labute approximate surface area is 181 Å². The van der Waals surface area contributed by atoms with Crippen LogP contribution >= 0.6 is 0 Å². The van der Waals surface area contributed by atoms with Crippen LogP contribution < -0.4 is 70.4 Å². The van der Waals surface area contributed by atoms with Gasteiger partial charge in [0.05, 0.1) is 19.6 Å². The van der Waals surface area contributed by atoms with Crippen molar-refractivity contribution in [3.63, 3.8) is 0 Å². The van der Waals surface area contributed by atoms with Gasteiger partial charge in [0.1, 0.15) is 0 Å². The summed E-state index contributed by atoms with van der Waals surface area (Å²) in [6.07, 6.45) is 2.92. The van der Waals surface area contributed by atoms with E-state index >= 15 is 0 Å². The van der Waals surface area contributed by atoms with Crippen LogP contribution in [0.4, 0.5) is 0 Å². The van der Waals surface area contributed by atoms with E-state index in [2.05, 4.69) is 33.2 Å². The first-order chi connectivity index (χ1) is 11.3. The zero-order valence-corrected chi connectivity index (χ0v) is 19.1. The smallest absolute Gasteiger partial charge is 0.216 e. The number of carbonyl (C=O) groups is 3. The maximum Gasteiger partial charge on any atom is 0.216 e. The molecule has 0 aromatic carbocycles. The highest BCUT2D eigenvalue weighted by Gasteiger charge is 1.88. The molecule has 0 aromatic rings. The van der Waals surface area contributed by atoms with Crippen LogP contribution in [-0.2, 0) is 14.4 Å². The predicted molar refractivity (Wildman–Crippen MR) is 93.2 cm³/mol. The lowest BCUT2D eigenvalue weighted by Gasteiger charge is -1.95. The van der Waals surface area contributed by atoms with Gasteiger partial charge in [-0.05, 0) is 0 Å². The SMILES string of the molecule is CC(=O)NCCC[NH3+].CC(=O)NCCC[NH3+].CC(=O)NCCC[NH3+].[Cl-].[Cl-].[Cl-]. The fourth-order valence-corrected chi connectivity index (χ4v) is 1.17. The number of halogens is 3. The lowest BCUT2D eigenvalue weighted by molar-refractivity contribution is -0.368. The highest BCUT2D eigenvalue weighted by molar-refractivity contribution is 5.73. The highest BCUT2D eigenvalue weighted by Crippen LogP contribution is 1.68. The summed E-state index contributed by atoms with van der Waals surface area (Å²) in [5.41, 5.74) is 10.9. The molecule has 0 fully saturated rings. The molecule has 0 radical (unpaired) electrons. The molecule has 0 saturated heterocycles. The second-order valence-electron chi connectivity index (χ2n) is 5.07. The van der Waals surface area contributed by atoms with Gasteiger partial charge in [-0.15, -0.1) is 0 Å². The summed E-state index contributed by atoms with van der Waals surface area (Å²) in [5.74, 6) is 0.121. The first-order valence-corrected chi connectivity index (χ1v) is 8.42. The van der Waals surface area contributed by atoms with Gasteiger partial charge in [0.15, 0.2) is 0 Å². The minimum absolute atomic E-state index is 0. The first-order valence-electron chi connectivity index (χ1n) is 8.42. The Morgan fingerprint density at radius 3 is 0.852 bits per heavy atom. The summed E-state index contributed by atoms with van der Waals surface area (Å²) < 4.78 is 0. The molecule has 0 unspecified atom stereocenters. The van der Waals surface area contributed by atoms with E-state index < -0.39 is 0 Å².